The molecule has 1 fully saturated rings. The van der Waals surface area contributed by atoms with Gasteiger partial charge in [-0.3, -0.25) is 4.65 Å². The Morgan fingerprint density at radius 2 is 2.06 bits per heavy atom. The lowest BCUT2D eigenvalue weighted by Crippen LogP contribution is -2.50. The fourth-order valence-corrected chi connectivity index (χ4v) is 4.86. The van der Waals surface area contributed by atoms with Crippen molar-refractivity contribution in [3.63, 3.8) is 0 Å². The summed E-state index contributed by atoms with van der Waals surface area (Å²) in [6.07, 6.45) is 6.45. The zero-order valence-corrected chi connectivity index (χ0v) is 18.7. The Morgan fingerprint density at radius 3 is 2.81 bits per heavy atom. The molecule has 2 unspecified atom stereocenters. The molecule has 31 heavy (non-hydrogen) atoms. The standard InChI is InChI=1S/C24H27N3O3S/c1-3-4-5-6-9-18-12-14-19(15-13-18)23(28)30-22-16-26(2)17-27(22,29)24-25-20-10-7-8-11-21(20)31-24/h3-4,7-8,10-15,22H,5-6,9,16-17H2,1-2H3. The van der Waals surface area contributed by atoms with Crippen LogP contribution in [0.1, 0.15) is 35.7 Å². The van der Waals surface area contributed by atoms with Crippen molar-refractivity contribution in [1.82, 2.24) is 14.5 Å². The third-order valence-corrected chi connectivity index (χ3v) is 6.64. The number of hydrogen-bond acceptors (Lipinski definition) is 6. The lowest BCUT2D eigenvalue weighted by Gasteiger charge is -2.38. The molecule has 0 amide bonds. The molecule has 3 aromatic rings. The number of carbonyl (C=O) groups excluding carboxylic acids is 1. The van der Waals surface area contributed by atoms with E-state index in [4.69, 9.17) is 4.74 Å². The number of esters is 1. The second-order valence-corrected chi connectivity index (χ2v) is 8.97. The predicted octanol–water partition coefficient (Wildman–Crippen LogP) is 5.09. The molecule has 0 saturated carbocycles. The molecule has 1 aromatic heterocycles. The van der Waals surface area contributed by atoms with E-state index in [0.717, 1.165) is 29.5 Å². The van der Waals surface area contributed by atoms with Crippen LogP contribution in [0.5, 0.6) is 0 Å². The number of aromatic nitrogens is 1. The highest BCUT2D eigenvalue weighted by Gasteiger charge is 2.45. The molecule has 2 heterocycles. The smallest absolute Gasteiger partial charge is 0.342 e. The SMILES string of the molecule is CC=CCCCc1ccc(C(=O)OC2CN(C)C[N+]2([O-])c2nc3ccccc3s2)cc1. The lowest BCUT2D eigenvalue weighted by atomic mass is 10.1. The van der Waals surface area contributed by atoms with E-state index in [9.17, 15) is 10.0 Å². The summed E-state index contributed by atoms with van der Waals surface area (Å²) < 4.78 is 5.90. The number of quaternary nitrogens is 1. The van der Waals surface area contributed by atoms with Crippen LogP contribution >= 0.6 is 11.3 Å². The molecule has 1 aliphatic heterocycles. The van der Waals surface area contributed by atoms with Crippen molar-refractivity contribution in [2.45, 2.75) is 32.4 Å². The zero-order chi connectivity index (χ0) is 21.8. The highest BCUT2D eigenvalue weighted by molar-refractivity contribution is 7.22. The van der Waals surface area contributed by atoms with Crippen molar-refractivity contribution in [3.8, 4) is 0 Å². The van der Waals surface area contributed by atoms with Crippen LogP contribution in [0, 0.1) is 5.21 Å². The van der Waals surface area contributed by atoms with E-state index in [1.165, 1.54) is 16.9 Å². The number of thiazole rings is 1. The molecule has 2 atom stereocenters. The van der Waals surface area contributed by atoms with Crippen LogP contribution in [0.15, 0.2) is 60.7 Å². The van der Waals surface area contributed by atoms with Crippen molar-refractivity contribution in [2.75, 3.05) is 20.3 Å². The number of aryl methyl sites for hydroxylation is 1. The lowest BCUT2D eigenvalue weighted by molar-refractivity contribution is 0.00573. The van der Waals surface area contributed by atoms with Gasteiger partial charge in [0.15, 0.2) is 0 Å². The number of rotatable bonds is 7. The number of benzene rings is 2. The Bertz CT molecular complexity index is 1050. The number of hydrogen-bond donors (Lipinski definition) is 0. The maximum Gasteiger partial charge on any atom is 0.342 e. The van der Waals surface area contributed by atoms with Gasteiger partial charge in [0.1, 0.15) is 6.67 Å². The predicted molar refractivity (Wildman–Crippen MR) is 126 cm³/mol. The van der Waals surface area contributed by atoms with Gasteiger partial charge in [-0.05, 0) is 63.1 Å². The fourth-order valence-electron chi connectivity index (χ4n) is 3.82. The first-order valence-corrected chi connectivity index (χ1v) is 11.4. The van der Waals surface area contributed by atoms with E-state index in [-0.39, 0.29) is 6.67 Å². The summed E-state index contributed by atoms with van der Waals surface area (Å²) in [5, 5.41) is 14.2. The first-order chi connectivity index (χ1) is 15.0. The monoisotopic (exact) mass is 437 g/mol. The van der Waals surface area contributed by atoms with Crippen LogP contribution in [-0.4, -0.2) is 42.3 Å². The first-order valence-electron chi connectivity index (χ1n) is 10.5. The van der Waals surface area contributed by atoms with Crippen molar-refractivity contribution in [3.05, 3.63) is 77.0 Å². The Kier molecular flexibility index (Phi) is 6.48. The average Bonchev–Trinajstić information content (AvgIpc) is 3.33. The molecule has 1 aliphatic rings. The Hall–Kier alpha value is -2.58. The third kappa shape index (κ3) is 4.70. The van der Waals surface area contributed by atoms with Gasteiger partial charge in [-0.25, -0.2) is 9.69 Å². The summed E-state index contributed by atoms with van der Waals surface area (Å²) in [7, 11) is 1.86. The van der Waals surface area contributed by atoms with Crippen LogP contribution in [0.2, 0.25) is 0 Å². The molecule has 6 nitrogen and oxygen atoms in total. The molecule has 0 bridgehead atoms. The Balaban J connectivity index is 1.47. The number of fused-ring (bicyclic) bond motifs is 1. The maximum atomic E-state index is 13.8. The van der Waals surface area contributed by atoms with Crippen LogP contribution in [0.3, 0.4) is 0 Å². The minimum absolute atomic E-state index is 0.197. The van der Waals surface area contributed by atoms with Gasteiger partial charge >= 0.3 is 5.97 Å². The number of ether oxygens (including phenoxy) is 1. The van der Waals surface area contributed by atoms with E-state index >= 15 is 0 Å². The number of para-hydroxylation sites is 1. The van der Waals surface area contributed by atoms with Crippen molar-refractivity contribution in [2.24, 2.45) is 0 Å². The molecule has 4 rings (SSSR count). The van der Waals surface area contributed by atoms with Crippen LogP contribution < -0.4 is 4.65 Å². The van der Waals surface area contributed by atoms with Gasteiger partial charge in [-0.15, -0.1) is 0 Å². The molecule has 0 aliphatic carbocycles. The van der Waals surface area contributed by atoms with Gasteiger partial charge in [-0.2, -0.15) is 4.98 Å². The first kappa shape index (κ1) is 21.6. The number of carbonyl (C=O) groups is 1. The zero-order valence-electron chi connectivity index (χ0n) is 17.9. The third-order valence-electron chi connectivity index (χ3n) is 5.50. The van der Waals surface area contributed by atoms with Gasteiger partial charge in [0.2, 0.25) is 0 Å². The molecule has 0 spiro atoms. The number of hydroxylamine groups is 2. The van der Waals surface area contributed by atoms with Gasteiger partial charge in [-0.1, -0.05) is 47.8 Å². The topological polar surface area (TPSA) is 65.5 Å². The summed E-state index contributed by atoms with van der Waals surface area (Å²) in [6.45, 7) is 2.59. The number of unbranched alkanes of at least 4 members (excludes halogenated alkanes) is 1. The van der Waals surface area contributed by atoms with Crippen LogP contribution in [-0.2, 0) is 11.2 Å². The van der Waals surface area contributed by atoms with Crippen molar-refractivity contribution < 1.29 is 9.53 Å². The molecule has 2 aromatic carbocycles. The molecule has 7 heteroatoms. The van der Waals surface area contributed by atoms with Gasteiger partial charge < -0.3 is 9.94 Å². The summed E-state index contributed by atoms with van der Waals surface area (Å²) in [6, 6.07) is 15.1. The molecule has 0 radical (unpaired) electrons. The largest absolute Gasteiger partial charge is 0.622 e. The fraction of sp³-hybridized carbons (Fsp3) is 0.333. The van der Waals surface area contributed by atoms with Gasteiger partial charge in [0, 0.05) is 0 Å². The molecule has 0 N–H and O–H groups in total. The van der Waals surface area contributed by atoms with Crippen LogP contribution in [0.25, 0.3) is 10.2 Å². The average molecular weight is 438 g/mol. The Morgan fingerprint density at radius 1 is 1.29 bits per heavy atom. The summed E-state index contributed by atoms with van der Waals surface area (Å²) in [5.41, 5.74) is 2.44. The maximum absolute atomic E-state index is 13.8. The number of nitrogens with zero attached hydrogens (tertiary/aromatic N) is 3. The minimum Gasteiger partial charge on any atom is -0.622 e. The van der Waals surface area contributed by atoms with Crippen LogP contribution in [0.4, 0.5) is 5.13 Å². The normalized spacial score (nSPS) is 21.8. The van der Waals surface area contributed by atoms with Crippen molar-refractivity contribution in [1.29, 1.82) is 0 Å². The molecule has 162 valence electrons. The van der Waals surface area contributed by atoms with E-state index in [0.29, 0.717) is 17.2 Å². The van der Waals surface area contributed by atoms with Gasteiger partial charge in [0.25, 0.3) is 11.4 Å². The quantitative estimate of drug-likeness (QED) is 0.169. The Labute approximate surface area is 186 Å². The highest BCUT2D eigenvalue weighted by atomic mass is 32.1. The second-order valence-electron chi connectivity index (χ2n) is 7.96. The highest BCUT2D eigenvalue weighted by Crippen LogP contribution is 2.37. The second kappa shape index (κ2) is 9.28. The number of allylic oxidation sites excluding steroid dienone is 2. The van der Waals surface area contributed by atoms with E-state index in [1.54, 1.807) is 12.1 Å². The summed E-state index contributed by atoms with van der Waals surface area (Å²) in [4.78, 5) is 19.2. The molecule has 1 saturated heterocycles. The minimum atomic E-state index is -0.849. The van der Waals surface area contributed by atoms with Gasteiger partial charge in [0.05, 0.1) is 22.3 Å². The van der Waals surface area contributed by atoms with E-state index in [1.807, 2.05) is 55.3 Å². The van der Waals surface area contributed by atoms with E-state index < -0.39 is 16.8 Å². The molecular formula is C24H27N3O3S. The summed E-state index contributed by atoms with van der Waals surface area (Å²) in [5.74, 6) is -0.472. The summed E-state index contributed by atoms with van der Waals surface area (Å²) >= 11 is 1.36. The van der Waals surface area contributed by atoms with E-state index in [2.05, 4.69) is 17.1 Å². The number of likely N-dealkylation sites (N-methyl/N-ethyl adjacent to an activating group) is 1. The van der Waals surface area contributed by atoms with Crippen molar-refractivity contribution >= 4 is 32.7 Å². The molecular weight excluding hydrogens is 410 g/mol.